The number of pyridine rings is 1. The number of methoxy groups -OCH3 is 1. The summed E-state index contributed by atoms with van der Waals surface area (Å²) in [7, 11) is 1.65. The zero-order valence-corrected chi connectivity index (χ0v) is 14.7. The first-order valence-electron chi connectivity index (χ1n) is 8.47. The van der Waals surface area contributed by atoms with Gasteiger partial charge in [-0.25, -0.2) is 0 Å². The molecule has 0 unspecified atom stereocenters. The fraction of sp³-hybridized carbons (Fsp3) is 0.136. The zero-order valence-electron chi connectivity index (χ0n) is 14.7. The summed E-state index contributed by atoms with van der Waals surface area (Å²) < 4.78 is 11.3. The number of hydrogen-bond acceptors (Lipinski definition) is 3. The first-order chi connectivity index (χ1) is 12.7. The molecule has 130 valence electrons. The molecular formula is C22H19NO3. The molecule has 4 aromatic rings. The molecule has 4 nitrogen and oxygen atoms in total. The van der Waals surface area contributed by atoms with Gasteiger partial charge in [0.05, 0.1) is 12.6 Å². The smallest absolute Gasteiger partial charge is 0.197 e. The third-order valence-corrected chi connectivity index (χ3v) is 4.51. The summed E-state index contributed by atoms with van der Waals surface area (Å²) in [5.74, 6) is 1.45. The Morgan fingerprint density at radius 3 is 2.58 bits per heavy atom. The highest BCUT2D eigenvalue weighted by atomic mass is 16.5. The van der Waals surface area contributed by atoms with Gasteiger partial charge in [-0.2, -0.15) is 0 Å². The van der Waals surface area contributed by atoms with E-state index in [1.165, 1.54) is 0 Å². The first kappa shape index (κ1) is 16.2. The van der Waals surface area contributed by atoms with Crippen molar-refractivity contribution in [3.05, 3.63) is 82.0 Å². The molecule has 0 amide bonds. The van der Waals surface area contributed by atoms with Crippen molar-refractivity contribution in [2.24, 2.45) is 0 Å². The second kappa shape index (κ2) is 6.56. The number of ether oxygens (including phenoxy) is 2. The normalized spacial score (nSPS) is 11.0. The van der Waals surface area contributed by atoms with Crippen LogP contribution in [0.15, 0.2) is 65.5 Å². The highest BCUT2D eigenvalue weighted by Crippen LogP contribution is 2.24. The van der Waals surface area contributed by atoms with Crippen LogP contribution in [0.3, 0.4) is 0 Å². The summed E-state index contributed by atoms with van der Waals surface area (Å²) in [5.41, 5.74) is 3.76. The van der Waals surface area contributed by atoms with Crippen molar-refractivity contribution < 1.29 is 9.47 Å². The molecule has 4 rings (SSSR count). The van der Waals surface area contributed by atoms with E-state index in [1.807, 2.05) is 61.5 Å². The first-order valence-corrected chi connectivity index (χ1v) is 8.47. The lowest BCUT2D eigenvalue weighted by Crippen LogP contribution is -2.05. The summed E-state index contributed by atoms with van der Waals surface area (Å²) >= 11 is 0. The highest BCUT2D eigenvalue weighted by Gasteiger charge is 2.08. The van der Waals surface area contributed by atoms with Gasteiger partial charge in [0, 0.05) is 21.9 Å². The van der Waals surface area contributed by atoms with E-state index in [1.54, 1.807) is 13.2 Å². The summed E-state index contributed by atoms with van der Waals surface area (Å²) in [6, 6.07) is 19.0. The highest BCUT2D eigenvalue weighted by molar-refractivity contribution is 5.92. The number of hydrogen-bond donors (Lipinski definition) is 1. The Kier molecular flexibility index (Phi) is 4.09. The van der Waals surface area contributed by atoms with Crippen molar-refractivity contribution in [2.45, 2.75) is 13.5 Å². The molecule has 3 aromatic carbocycles. The van der Waals surface area contributed by atoms with Gasteiger partial charge in [0.2, 0.25) is 0 Å². The molecule has 0 spiro atoms. The van der Waals surface area contributed by atoms with Crippen LogP contribution in [0.25, 0.3) is 21.8 Å². The predicted molar refractivity (Wildman–Crippen MR) is 104 cm³/mol. The molecule has 1 aromatic heterocycles. The van der Waals surface area contributed by atoms with Gasteiger partial charge in [-0.3, -0.25) is 4.79 Å². The minimum atomic E-state index is 0.00735. The Bertz CT molecular complexity index is 1160. The Labute approximate surface area is 151 Å². The van der Waals surface area contributed by atoms with Gasteiger partial charge < -0.3 is 14.5 Å². The van der Waals surface area contributed by atoms with E-state index in [4.69, 9.17) is 9.47 Å². The number of aromatic nitrogens is 1. The van der Waals surface area contributed by atoms with Crippen LogP contribution in [0.5, 0.6) is 11.5 Å². The number of benzene rings is 3. The van der Waals surface area contributed by atoms with Gasteiger partial charge in [0.15, 0.2) is 5.43 Å². The average molecular weight is 345 g/mol. The third-order valence-electron chi connectivity index (χ3n) is 4.51. The lowest BCUT2D eigenvalue weighted by molar-refractivity contribution is 0.297. The number of rotatable bonds is 4. The molecule has 0 radical (unpaired) electrons. The molecule has 0 aliphatic carbocycles. The summed E-state index contributed by atoms with van der Waals surface area (Å²) in [5, 5.41) is 1.30. The third kappa shape index (κ3) is 2.90. The van der Waals surface area contributed by atoms with Crippen molar-refractivity contribution in [3.8, 4) is 11.5 Å². The van der Waals surface area contributed by atoms with E-state index >= 15 is 0 Å². The number of nitrogens with one attached hydrogen (secondary N) is 1. The largest absolute Gasteiger partial charge is 0.496 e. The lowest BCUT2D eigenvalue weighted by atomic mass is 10.1. The maximum absolute atomic E-state index is 12.8. The van der Waals surface area contributed by atoms with Crippen molar-refractivity contribution >= 4 is 21.8 Å². The molecule has 0 atom stereocenters. The number of H-pyrrole nitrogens is 1. The molecule has 0 saturated carbocycles. The van der Waals surface area contributed by atoms with Crippen LogP contribution in [0, 0.1) is 6.92 Å². The van der Waals surface area contributed by atoms with Crippen LogP contribution < -0.4 is 14.9 Å². The van der Waals surface area contributed by atoms with Crippen LogP contribution in [0.2, 0.25) is 0 Å². The molecule has 1 heterocycles. The monoisotopic (exact) mass is 345 g/mol. The quantitative estimate of drug-likeness (QED) is 0.551. The standard InChI is InChI=1S/C22H19NO3/c1-14-7-10-21(25-2)15(11-14)13-26-16-8-9-20-18(12-16)22(24)17-5-3-4-6-19(17)23-20/h3-12H,13H2,1-2H3,(H,23,24). The SMILES string of the molecule is COc1ccc(C)cc1COc1ccc2[nH]c3ccccc3c(=O)c2c1. The minimum absolute atomic E-state index is 0.00735. The number of para-hydroxylation sites is 1. The second-order valence-corrected chi connectivity index (χ2v) is 6.31. The maximum Gasteiger partial charge on any atom is 0.197 e. The van der Waals surface area contributed by atoms with Crippen molar-refractivity contribution in [1.29, 1.82) is 0 Å². The second-order valence-electron chi connectivity index (χ2n) is 6.31. The minimum Gasteiger partial charge on any atom is -0.496 e. The van der Waals surface area contributed by atoms with Gasteiger partial charge in [0.25, 0.3) is 0 Å². The van der Waals surface area contributed by atoms with E-state index in [0.717, 1.165) is 27.9 Å². The molecule has 0 fully saturated rings. The van der Waals surface area contributed by atoms with E-state index in [2.05, 4.69) is 4.98 Å². The van der Waals surface area contributed by atoms with Gasteiger partial charge >= 0.3 is 0 Å². The van der Waals surface area contributed by atoms with Crippen LogP contribution in [0.1, 0.15) is 11.1 Å². The number of fused-ring (bicyclic) bond motifs is 2. The Balaban J connectivity index is 1.70. The van der Waals surface area contributed by atoms with E-state index in [0.29, 0.717) is 23.1 Å². The van der Waals surface area contributed by atoms with Gasteiger partial charge in [0.1, 0.15) is 18.1 Å². The van der Waals surface area contributed by atoms with Crippen LogP contribution in [0.4, 0.5) is 0 Å². The van der Waals surface area contributed by atoms with Crippen molar-refractivity contribution in [3.63, 3.8) is 0 Å². The zero-order chi connectivity index (χ0) is 18.1. The Morgan fingerprint density at radius 2 is 1.73 bits per heavy atom. The molecule has 0 bridgehead atoms. The summed E-state index contributed by atoms with van der Waals surface area (Å²) in [6.45, 7) is 2.41. The van der Waals surface area contributed by atoms with Gasteiger partial charge in [-0.15, -0.1) is 0 Å². The fourth-order valence-corrected chi connectivity index (χ4v) is 3.17. The van der Waals surface area contributed by atoms with Crippen LogP contribution in [-0.2, 0) is 6.61 Å². The molecule has 4 heteroatoms. The topological polar surface area (TPSA) is 51.3 Å². The van der Waals surface area contributed by atoms with Crippen LogP contribution >= 0.6 is 0 Å². The Morgan fingerprint density at radius 1 is 0.923 bits per heavy atom. The predicted octanol–water partition coefficient (Wildman–Crippen LogP) is 4.58. The molecule has 26 heavy (non-hydrogen) atoms. The Hall–Kier alpha value is -3.27. The summed E-state index contributed by atoms with van der Waals surface area (Å²) in [4.78, 5) is 16.1. The van der Waals surface area contributed by atoms with E-state index in [9.17, 15) is 4.79 Å². The van der Waals surface area contributed by atoms with E-state index in [-0.39, 0.29) is 5.43 Å². The molecule has 0 saturated heterocycles. The van der Waals surface area contributed by atoms with Crippen molar-refractivity contribution in [1.82, 2.24) is 4.98 Å². The molecule has 0 aliphatic rings. The number of aromatic amines is 1. The maximum atomic E-state index is 12.8. The van der Waals surface area contributed by atoms with Crippen LogP contribution in [-0.4, -0.2) is 12.1 Å². The van der Waals surface area contributed by atoms with Gasteiger partial charge in [-0.1, -0.05) is 23.8 Å². The fourth-order valence-electron chi connectivity index (χ4n) is 3.17. The number of aryl methyl sites for hydroxylation is 1. The lowest BCUT2D eigenvalue weighted by Gasteiger charge is -2.12. The van der Waals surface area contributed by atoms with Gasteiger partial charge in [-0.05, 0) is 49.4 Å². The molecule has 0 aliphatic heterocycles. The molecule has 1 N–H and O–H groups in total. The van der Waals surface area contributed by atoms with Crippen molar-refractivity contribution in [2.75, 3.05) is 7.11 Å². The molecular weight excluding hydrogens is 326 g/mol. The summed E-state index contributed by atoms with van der Waals surface area (Å²) in [6.07, 6.45) is 0. The van der Waals surface area contributed by atoms with E-state index < -0.39 is 0 Å². The average Bonchev–Trinajstić information content (AvgIpc) is 2.67.